The van der Waals surface area contributed by atoms with E-state index in [0.717, 1.165) is 0 Å². The van der Waals surface area contributed by atoms with Crippen LogP contribution in [0.15, 0.2) is 0 Å². The van der Waals surface area contributed by atoms with Crippen LogP contribution < -0.4 is 0 Å². The molecular formula is C5H9F3OS. The zero-order valence-corrected chi connectivity index (χ0v) is 6.30. The molecule has 0 aliphatic rings. The van der Waals surface area contributed by atoms with Gasteiger partial charge in [-0.15, -0.1) is 11.8 Å². The third-order valence-electron chi connectivity index (χ3n) is 0.789. The maximum absolute atomic E-state index is 11.4. The zero-order valence-electron chi connectivity index (χ0n) is 5.48. The van der Waals surface area contributed by atoms with Crippen LogP contribution in [-0.4, -0.2) is 28.9 Å². The van der Waals surface area contributed by atoms with Crippen molar-refractivity contribution in [3.05, 3.63) is 0 Å². The molecule has 1 atom stereocenters. The Kier molecular flexibility index (Phi) is 4.12. The zero-order chi connectivity index (χ0) is 8.20. The minimum Gasteiger partial charge on any atom is -0.395 e. The number of hydrogen-bond acceptors (Lipinski definition) is 2. The van der Waals surface area contributed by atoms with Crippen molar-refractivity contribution in [3.63, 3.8) is 0 Å². The summed E-state index contributed by atoms with van der Waals surface area (Å²) >= 11 is 0.708. The maximum Gasteiger partial charge on any atom is 0.397 e. The number of halogens is 3. The molecule has 0 amide bonds. The minimum atomic E-state index is -4.12. The molecule has 1 N–H and O–H groups in total. The molecule has 1 unspecified atom stereocenters. The van der Waals surface area contributed by atoms with Crippen LogP contribution in [0, 0.1) is 0 Å². The van der Waals surface area contributed by atoms with Gasteiger partial charge in [-0.2, -0.15) is 13.2 Å². The van der Waals surface area contributed by atoms with Gasteiger partial charge in [-0.1, -0.05) is 6.92 Å². The molecule has 0 aromatic carbocycles. The molecule has 10 heavy (non-hydrogen) atoms. The molecule has 0 rings (SSSR count). The SMILES string of the molecule is CC(CO)SCC(F)(F)F. The smallest absolute Gasteiger partial charge is 0.395 e. The first-order valence-corrected chi connectivity index (χ1v) is 3.80. The van der Waals surface area contributed by atoms with E-state index in [-0.39, 0.29) is 11.9 Å². The van der Waals surface area contributed by atoms with E-state index < -0.39 is 11.9 Å². The van der Waals surface area contributed by atoms with E-state index in [1.54, 1.807) is 6.92 Å². The highest BCUT2D eigenvalue weighted by atomic mass is 32.2. The second kappa shape index (κ2) is 4.08. The maximum atomic E-state index is 11.4. The van der Waals surface area contributed by atoms with Gasteiger partial charge >= 0.3 is 6.18 Å². The summed E-state index contributed by atoms with van der Waals surface area (Å²) in [5.41, 5.74) is 0. The quantitative estimate of drug-likeness (QED) is 0.702. The molecule has 0 spiro atoms. The van der Waals surface area contributed by atoms with Crippen LogP contribution in [0.2, 0.25) is 0 Å². The molecular weight excluding hydrogens is 165 g/mol. The lowest BCUT2D eigenvalue weighted by Crippen LogP contribution is -2.15. The van der Waals surface area contributed by atoms with Gasteiger partial charge in [0.2, 0.25) is 0 Å². The molecule has 0 saturated heterocycles. The van der Waals surface area contributed by atoms with Gasteiger partial charge in [-0.25, -0.2) is 0 Å². The van der Waals surface area contributed by atoms with Crippen molar-refractivity contribution in [2.24, 2.45) is 0 Å². The Balaban J connectivity index is 3.36. The van der Waals surface area contributed by atoms with Crippen LogP contribution in [0.5, 0.6) is 0 Å². The molecule has 0 bridgehead atoms. The third kappa shape index (κ3) is 6.22. The van der Waals surface area contributed by atoms with Crippen LogP contribution in [0.3, 0.4) is 0 Å². The lowest BCUT2D eigenvalue weighted by Gasteiger charge is -2.09. The Labute approximate surface area is 61.6 Å². The summed E-state index contributed by atoms with van der Waals surface area (Å²) in [5.74, 6) is -0.880. The van der Waals surface area contributed by atoms with E-state index >= 15 is 0 Å². The molecule has 0 aliphatic carbocycles. The van der Waals surface area contributed by atoms with E-state index in [9.17, 15) is 13.2 Å². The van der Waals surface area contributed by atoms with Crippen molar-refractivity contribution < 1.29 is 18.3 Å². The van der Waals surface area contributed by atoms with E-state index in [2.05, 4.69) is 0 Å². The second-order valence-electron chi connectivity index (χ2n) is 1.92. The van der Waals surface area contributed by atoms with E-state index in [4.69, 9.17) is 5.11 Å². The Morgan fingerprint density at radius 2 is 2.00 bits per heavy atom. The summed E-state index contributed by atoms with van der Waals surface area (Å²) in [6, 6.07) is 0. The number of alkyl halides is 3. The van der Waals surface area contributed by atoms with Gasteiger partial charge in [0.1, 0.15) is 0 Å². The second-order valence-corrected chi connectivity index (χ2v) is 3.35. The lowest BCUT2D eigenvalue weighted by atomic mass is 10.5. The van der Waals surface area contributed by atoms with Gasteiger partial charge < -0.3 is 5.11 Å². The van der Waals surface area contributed by atoms with Gasteiger partial charge in [-0.05, 0) is 0 Å². The first kappa shape index (κ1) is 10.1. The summed E-state index contributed by atoms with van der Waals surface area (Å²) < 4.78 is 34.3. The van der Waals surface area contributed by atoms with Gasteiger partial charge in [-0.3, -0.25) is 0 Å². The number of aliphatic hydroxyl groups excluding tert-OH is 1. The molecule has 0 aliphatic heterocycles. The molecule has 62 valence electrons. The van der Waals surface area contributed by atoms with Crippen molar-refractivity contribution >= 4 is 11.8 Å². The van der Waals surface area contributed by atoms with E-state index in [0.29, 0.717) is 11.8 Å². The van der Waals surface area contributed by atoms with Crippen molar-refractivity contribution in [1.29, 1.82) is 0 Å². The van der Waals surface area contributed by atoms with E-state index in [1.807, 2.05) is 0 Å². The summed E-state index contributed by atoms with van der Waals surface area (Å²) in [5, 5.41) is 8.01. The van der Waals surface area contributed by atoms with Crippen LogP contribution in [0.25, 0.3) is 0 Å². The Morgan fingerprint density at radius 1 is 1.50 bits per heavy atom. The van der Waals surface area contributed by atoms with Gasteiger partial charge in [0.05, 0.1) is 12.4 Å². The van der Waals surface area contributed by atoms with Crippen LogP contribution in [-0.2, 0) is 0 Å². The lowest BCUT2D eigenvalue weighted by molar-refractivity contribution is -0.105. The average molecular weight is 174 g/mol. The Morgan fingerprint density at radius 3 is 2.30 bits per heavy atom. The van der Waals surface area contributed by atoms with Crippen LogP contribution >= 0.6 is 11.8 Å². The van der Waals surface area contributed by atoms with Crippen molar-refractivity contribution in [3.8, 4) is 0 Å². The fourth-order valence-corrected chi connectivity index (χ4v) is 0.868. The normalized spacial score (nSPS) is 15.3. The molecule has 1 nitrogen and oxygen atoms in total. The fraction of sp³-hybridized carbons (Fsp3) is 1.00. The molecule has 0 fully saturated rings. The van der Waals surface area contributed by atoms with Crippen LogP contribution in [0.1, 0.15) is 6.92 Å². The summed E-state index contributed by atoms with van der Waals surface area (Å²) in [7, 11) is 0. The fourth-order valence-electron chi connectivity index (χ4n) is 0.289. The highest BCUT2D eigenvalue weighted by molar-refractivity contribution is 7.99. The highest BCUT2D eigenvalue weighted by Gasteiger charge is 2.27. The summed E-state index contributed by atoms with van der Waals surface area (Å²) in [4.78, 5) is 0. The Hall–Kier alpha value is 0.100. The predicted molar refractivity (Wildman–Crippen MR) is 35.1 cm³/mol. The average Bonchev–Trinajstić information content (AvgIpc) is 1.81. The summed E-state index contributed by atoms with van der Waals surface area (Å²) in [6.07, 6.45) is -4.12. The summed E-state index contributed by atoms with van der Waals surface area (Å²) in [6.45, 7) is 1.34. The first-order chi connectivity index (χ1) is 4.45. The number of hydrogen-bond donors (Lipinski definition) is 1. The molecule has 0 saturated carbocycles. The third-order valence-corrected chi connectivity index (χ3v) is 2.00. The monoisotopic (exact) mass is 174 g/mol. The van der Waals surface area contributed by atoms with Crippen LogP contribution in [0.4, 0.5) is 13.2 Å². The highest BCUT2D eigenvalue weighted by Crippen LogP contribution is 2.23. The van der Waals surface area contributed by atoms with Crippen molar-refractivity contribution in [1.82, 2.24) is 0 Å². The van der Waals surface area contributed by atoms with Crippen molar-refractivity contribution in [2.75, 3.05) is 12.4 Å². The predicted octanol–water partition coefficient (Wildman–Crippen LogP) is 1.66. The topological polar surface area (TPSA) is 20.2 Å². The molecule has 0 heterocycles. The molecule has 0 aromatic rings. The molecule has 5 heteroatoms. The van der Waals surface area contributed by atoms with Crippen molar-refractivity contribution in [2.45, 2.75) is 18.3 Å². The number of aliphatic hydroxyl groups is 1. The van der Waals surface area contributed by atoms with E-state index in [1.165, 1.54) is 0 Å². The van der Waals surface area contributed by atoms with Gasteiger partial charge in [0.25, 0.3) is 0 Å². The number of rotatable bonds is 3. The minimum absolute atomic E-state index is 0.208. The molecule has 0 radical (unpaired) electrons. The Bertz CT molecular complexity index is 93.4. The molecule has 0 aromatic heterocycles. The number of thioether (sulfide) groups is 1. The largest absolute Gasteiger partial charge is 0.397 e. The van der Waals surface area contributed by atoms with Gasteiger partial charge in [0.15, 0.2) is 0 Å². The van der Waals surface area contributed by atoms with Gasteiger partial charge in [0, 0.05) is 5.25 Å². The standard InChI is InChI=1S/C5H9F3OS/c1-4(2-9)10-3-5(6,7)8/h4,9H,2-3H2,1H3. The first-order valence-electron chi connectivity index (χ1n) is 2.75.